The normalized spacial score (nSPS) is 18.8. The van der Waals surface area contributed by atoms with Gasteiger partial charge in [0.25, 0.3) is 5.91 Å². The molecule has 8 heteroatoms. The Morgan fingerprint density at radius 2 is 2.13 bits per heavy atom. The van der Waals surface area contributed by atoms with Gasteiger partial charge in [0.15, 0.2) is 5.69 Å². The highest BCUT2D eigenvalue weighted by Gasteiger charge is 2.28. The first kappa shape index (κ1) is 20.8. The van der Waals surface area contributed by atoms with Crippen LogP contribution in [0.3, 0.4) is 0 Å². The van der Waals surface area contributed by atoms with Gasteiger partial charge in [-0.3, -0.25) is 4.79 Å². The molecule has 2 aromatic rings. The van der Waals surface area contributed by atoms with E-state index in [1.54, 1.807) is 12.1 Å². The summed E-state index contributed by atoms with van der Waals surface area (Å²) in [6.45, 7) is 6.53. The van der Waals surface area contributed by atoms with Crippen molar-refractivity contribution in [3.05, 3.63) is 66.7 Å². The maximum atomic E-state index is 13.1. The average molecular weight is 423 g/mol. The molecule has 2 aliphatic rings. The molecule has 4 rings (SSSR count). The zero-order chi connectivity index (χ0) is 21.8. The molecule has 7 nitrogen and oxygen atoms in total. The Hall–Kier alpha value is -3.42. The zero-order valence-electron chi connectivity index (χ0n) is 17.7. The van der Waals surface area contributed by atoms with E-state index in [4.69, 9.17) is 4.42 Å². The number of nitrogens with one attached hydrogen (secondary N) is 1. The van der Waals surface area contributed by atoms with Gasteiger partial charge >= 0.3 is 0 Å². The summed E-state index contributed by atoms with van der Waals surface area (Å²) >= 11 is 0. The highest BCUT2D eigenvalue weighted by Crippen LogP contribution is 2.19. The summed E-state index contributed by atoms with van der Waals surface area (Å²) < 4.78 is 18.5. The van der Waals surface area contributed by atoms with Crippen molar-refractivity contribution in [2.24, 2.45) is 10.9 Å². The van der Waals surface area contributed by atoms with Gasteiger partial charge < -0.3 is 19.5 Å². The third-order valence-corrected chi connectivity index (χ3v) is 5.18. The molecule has 0 spiro atoms. The van der Waals surface area contributed by atoms with Crippen LogP contribution >= 0.6 is 0 Å². The number of hydrogen-bond acceptors (Lipinski definition) is 6. The number of allylic oxidation sites excluding steroid dienone is 1. The summed E-state index contributed by atoms with van der Waals surface area (Å²) in [5, 5.41) is 3.03. The number of amidine groups is 1. The molecule has 0 radical (unpaired) electrons. The molecule has 1 saturated heterocycles. The second-order valence-corrected chi connectivity index (χ2v) is 8.05. The lowest BCUT2D eigenvalue weighted by atomic mass is 10.2. The fraction of sp³-hybridized carbons (Fsp3) is 0.348. The number of nitrogens with zero attached hydrogens (tertiary/aromatic N) is 4. The van der Waals surface area contributed by atoms with Crippen LogP contribution in [0.1, 0.15) is 30.8 Å². The molecule has 1 aromatic heterocycles. The molecular formula is C23H26FN5O2. The Labute approximate surface area is 181 Å². The first-order valence-corrected chi connectivity index (χ1v) is 10.4. The van der Waals surface area contributed by atoms with Crippen LogP contribution in [-0.4, -0.2) is 52.2 Å². The maximum absolute atomic E-state index is 13.1. The van der Waals surface area contributed by atoms with Crippen molar-refractivity contribution < 1.29 is 13.6 Å². The molecule has 3 heterocycles. The van der Waals surface area contributed by atoms with Gasteiger partial charge in [0.2, 0.25) is 5.89 Å². The lowest BCUT2D eigenvalue weighted by Crippen LogP contribution is -2.41. The topological polar surface area (TPSA) is 74.0 Å². The highest BCUT2D eigenvalue weighted by atomic mass is 19.1. The van der Waals surface area contributed by atoms with E-state index >= 15 is 0 Å². The Morgan fingerprint density at radius 3 is 2.90 bits per heavy atom. The summed E-state index contributed by atoms with van der Waals surface area (Å²) in [6, 6.07) is 5.80. The molecule has 1 aromatic carbocycles. The van der Waals surface area contributed by atoms with Gasteiger partial charge in [-0.25, -0.2) is 14.4 Å². The smallest absolute Gasteiger partial charge is 0.273 e. The molecule has 1 amide bonds. The third-order valence-electron chi connectivity index (χ3n) is 5.18. The van der Waals surface area contributed by atoms with Gasteiger partial charge in [-0.2, -0.15) is 0 Å². The van der Waals surface area contributed by atoms with Crippen LogP contribution in [0.4, 0.5) is 4.39 Å². The SMILES string of the molecule is CC(C)/C=C\N1C=CN=C(N2CC[C@H](NC(=O)c3coc(-c4ccc(F)cc4)n3)C2)C1. The molecule has 1 N–H and O–H groups in total. The molecule has 0 saturated carbocycles. The minimum atomic E-state index is -0.337. The van der Waals surface area contributed by atoms with Gasteiger partial charge in [0.1, 0.15) is 17.9 Å². The van der Waals surface area contributed by atoms with Gasteiger partial charge in [0.05, 0.1) is 6.54 Å². The first-order valence-electron chi connectivity index (χ1n) is 10.4. The first-order chi connectivity index (χ1) is 15.0. The number of oxazole rings is 1. The molecule has 0 aliphatic carbocycles. The Balaban J connectivity index is 1.32. The summed E-state index contributed by atoms with van der Waals surface area (Å²) in [7, 11) is 0. The van der Waals surface area contributed by atoms with Crippen LogP contribution < -0.4 is 5.32 Å². The van der Waals surface area contributed by atoms with Crippen LogP contribution in [0.25, 0.3) is 11.5 Å². The average Bonchev–Trinajstić information content (AvgIpc) is 3.43. The van der Waals surface area contributed by atoms with Crippen molar-refractivity contribution in [1.29, 1.82) is 0 Å². The minimum absolute atomic E-state index is 0.00623. The zero-order valence-corrected chi connectivity index (χ0v) is 17.7. The van der Waals surface area contributed by atoms with Gasteiger partial charge in [-0.15, -0.1) is 0 Å². The Kier molecular flexibility index (Phi) is 6.16. The fourth-order valence-corrected chi connectivity index (χ4v) is 3.50. The molecule has 0 unspecified atom stereocenters. The van der Waals surface area contributed by atoms with Crippen molar-refractivity contribution in [2.75, 3.05) is 19.6 Å². The van der Waals surface area contributed by atoms with E-state index < -0.39 is 0 Å². The van der Waals surface area contributed by atoms with Crippen LogP contribution in [0, 0.1) is 11.7 Å². The predicted octanol–water partition coefficient (Wildman–Crippen LogP) is 3.64. The van der Waals surface area contributed by atoms with E-state index in [-0.39, 0.29) is 29.4 Å². The number of likely N-dealkylation sites (tertiary alicyclic amines) is 1. The van der Waals surface area contributed by atoms with E-state index in [1.807, 2.05) is 12.4 Å². The number of carbonyl (C=O) groups is 1. The number of benzene rings is 1. The van der Waals surface area contributed by atoms with Crippen LogP contribution in [-0.2, 0) is 0 Å². The lowest BCUT2D eigenvalue weighted by molar-refractivity contribution is 0.0934. The summed E-state index contributed by atoms with van der Waals surface area (Å²) in [4.78, 5) is 25.7. The molecule has 1 fully saturated rings. The molecule has 2 aliphatic heterocycles. The largest absolute Gasteiger partial charge is 0.444 e. The van der Waals surface area contributed by atoms with Crippen molar-refractivity contribution in [3.63, 3.8) is 0 Å². The van der Waals surface area contributed by atoms with Crippen molar-refractivity contribution in [2.45, 2.75) is 26.3 Å². The number of aromatic nitrogens is 1. The van der Waals surface area contributed by atoms with Gasteiger partial charge in [-0.1, -0.05) is 19.9 Å². The molecule has 1 atom stereocenters. The Morgan fingerprint density at radius 1 is 1.32 bits per heavy atom. The van der Waals surface area contributed by atoms with E-state index in [2.05, 4.69) is 51.2 Å². The number of aliphatic imine (C=N–C) groups is 1. The monoisotopic (exact) mass is 423 g/mol. The van der Waals surface area contributed by atoms with Crippen LogP contribution in [0.15, 0.2) is 64.6 Å². The van der Waals surface area contributed by atoms with E-state index in [0.717, 1.165) is 18.8 Å². The number of rotatable bonds is 5. The second-order valence-electron chi connectivity index (χ2n) is 8.05. The van der Waals surface area contributed by atoms with Crippen LogP contribution in [0.5, 0.6) is 0 Å². The van der Waals surface area contributed by atoms with Crippen molar-refractivity contribution in [1.82, 2.24) is 20.1 Å². The third kappa shape index (κ3) is 5.20. The summed E-state index contributed by atoms with van der Waals surface area (Å²) in [5.41, 5.74) is 0.827. The van der Waals surface area contributed by atoms with E-state index in [1.165, 1.54) is 18.4 Å². The van der Waals surface area contributed by atoms with Gasteiger partial charge in [-0.05, 0) is 36.6 Å². The molecule has 0 bridgehead atoms. The minimum Gasteiger partial charge on any atom is -0.444 e. The number of hydrogen-bond donors (Lipinski definition) is 1. The quantitative estimate of drug-likeness (QED) is 0.795. The Bertz CT molecular complexity index is 1010. The summed E-state index contributed by atoms with van der Waals surface area (Å²) in [5.74, 6) is 1.15. The molecular weight excluding hydrogens is 397 g/mol. The van der Waals surface area contributed by atoms with Crippen LogP contribution in [0.2, 0.25) is 0 Å². The van der Waals surface area contributed by atoms with E-state index in [9.17, 15) is 9.18 Å². The standard InChI is InChI=1S/C23H26FN5O2/c1-16(2)7-10-28-12-9-25-21(14-28)29-11-8-19(13-29)26-22(30)20-15-31-23(27-20)17-3-5-18(24)6-4-17/h3-7,9-10,12,15-16,19H,8,11,13-14H2,1-2H3,(H,26,30)/b10-7-/t19-/m0/s1. The lowest BCUT2D eigenvalue weighted by Gasteiger charge is -2.27. The van der Waals surface area contributed by atoms with Gasteiger partial charge in [0, 0.05) is 43.3 Å². The fourth-order valence-electron chi connectivity index (χ4n) is 3.50. The van der Waals surface area contributed by atoms with Crippen molar-refractivity contribution >= 4 is 11.7 Å². The highest BCUT2D eigenvalue weighted by molar-refractivity contribution is 5.93. The van der Waals surface area contributed by atoms with Crippen molar-refractivity contribution in [3.8, 4) is 11.5 Å². The second kappa shape index (κ2) is 9.16. The molecule has 162 valence electrons. The maximum Gasteiger partial charge on any atom is 0.273 e. The van der Waals surface area contributed by atoms with E-state index in [0.29, 0.717) is 24.6 Å². The number of halogens is 1. The number of carbonyl (C=O) groups excluding carboxylic acids is 1. The number of amides is 1. The molecule has 31 heavy (non-hydrogen) atoms. The predicted molar refractivity (Wildman–Crippen MR) is 117 cm³/mol. The summed E-state index contributed by atoms with van der Waals surface area (Å²) in [6.07, 6.45) is 10.2.